The Balaban J connectivity index is 1.40. The number of amides is 1. The molecule has 1 N–H and O–H groups in total. The number of rotatable bonds is 8. The van der Waals surface area contributed by atoms with E-state index in [-0.39, 0.29) is 6.04 Å². The molecule has 0 radical (unpaired) electrons. The molecule has 1 aliphatic carbocycles. The van der Waals surface area contributed by atoms with Gasteiger partial charge < -0.3 is 19.9 Å². The van der Waals surface area contributed by atoms with Gasteiger partial charge in [0.15, 0.2) is 5.96 Å². The normalized spacial score (nSPS) is 23.0. The molecule has 0 aromatic heterocycles. The highest BCUT2D eigenvalue weighted by atomic mass is 16.5. The van der Waals surface area contributed by atoms with Gasteiger partial charge in [-0.3, -0.25) is 14.7 Å². The molecule has 3 aliphatic rings. The molecule has 0 aromatic carbocycles. The molecule has 7 nitrogen and oxygen atoms in total. The van der Waals surface area contributed by atoms with Crippen LogP contribution in [0.3, 0.4) is 0 Å². The summed E-state index contributed by atoms with van der Waals surface area (Å²) in [5.74, 6) is 1.31. The molecule has 166 valence electrons. The van der Waals surface area contributed by atoms with E-state index in [9.17, 15) is 4.79 Å². The van der Waals surface area contributed by atoms with Crippen LogP contribution in [0.5, 0.6) is 0 Å². The van der Waals surface area contributed by atoms with Crippen molar-refractivity contribution >= 4 is 11.9 Å². The monoisotopic (exact) mass is 407 g/mol. The number of hydrogen-bond donors (Lipinski definition) is 1. The summed E-state index contributed by atoms with van der Waals surface area (Å²) in [5.41, 5.74) is 0. The fourth-order valence-corrected chi connectivity index (χ4v) is 4.66. The van der Waals surface area contributed by atoms with E-state index in [4.69, 9.17) is 9.73 Å². The summed E-state index contributed by atoms with van der Waals surface area (Å²) < 4.78 is 5.95. The molecule has 1 saturated carbocycles. The van der Waals surface area contributed by atoms with Crippen LogP contribution in [0.2, 0.25) is 0 Å². The van der Waals surface area contributed by atoms with E-state index in [1.165, 1.54) is 25.7 Å². The summed E-state index contributed by atoms with van der Waals surface area (Å²) in [6, 6.07) is -0.0116. The number of aliphatic imine (C=N–C) groups is 1. The van der Waals surface area contributed by atoms with Crippen molar-refractivity contribution < 1.29 is 9.53 Å². The third kappa shape index (κ3) is 6.57. The van der Waals surface area contributed by atoms with E-state index in [0.29, 0.717) is 12.0 Å². The predicted molar refractivity (Wildman–Crippen MR) is 117 cm³/mol. The second kappa shape index (κ2) is 11.7. The van der Waals surface area contributed by atoms with Gasteiger partial charge in [0.25, 0.3) is 0 Å². The molecule has 3 rings (SSSR count). The Labute approximate surface area is 176 Å². The SMILES string of the molecule is CCNC(=NCCCOC1CCCC1)N1CCN(C(C)C(=O)N2CCCC2)CC1. The van der Waals surface area contributed by atoms with Crippen molar-refractivity contribution in [2.24, 2.45) is 4.99 Å². The molecule has 0 aromatic rings. The number of carbonyl (C=O) groups is 1. The lowest BCUT2D eigenvalue weighted by Gasteiger charge is -2.39. The fraction of sp³-hybridized carbons (Fsp3) is 0.909. The smallest absolute Gasteiger partial charge is 0.239 e. The van der Waals surface area contributed by atoms with E-state index in [2.05, 4.69) is 29.0 Å². The average molecular weight is 408 g/mol. The van der Waals surface area contributed by atoms with Crippen LogP contribution in [0.1, 0.15) is 58.8 Å². The number of likely N-dealkylation sites (tertiary alicyclic amines) is 1. The Hall–Kier alpha value is -1.34. The molecule has 7 heteroatoms. The number of nitrogens with zero attached hydrogens (tertiary/aromatic N) is 4. The third-order valence-electron chi connectivity index (χ3n) is 6.49. The summed E-state index contributed by atoms with van der Waals surface area (Å²) in [5, 5.41) is 3.44. The van der Waals surface area contributed by atoms with Crippen LogP contribution in [-0.4, -0.2) is 97.7 Å². The molecular formula is C22H41N5O2. The van der Waals surface area contributed by atoms with Crippen LogP contribution >= 0.6 is 0 Å². The Morgan fingerprint density at radius 1 is 1.03 bits per heavy atom. The zero-order valence-corrected chi connectivity index (χ0v) is 18.6. The van der Waals surface area contributed by atoms with Crippen molar-refractivity contribution in [2.45, 2.75) is 70.9 Å². The van der Waals surface area contributed by atoms with Crippen molar-refractivity contribution in [2.75, 3.05) is 59.0 Å². The Kier molecular flexibility index (Phi) is 9.05. The Morgan fingerprint density at radius 3 is 2.38 bits per heavy atom. The molecule has 2 heterocycles. The molecule has 29 heavy (non-hydrogen) atoms. The van der Waals surface area contributed by atoms with Crippen LogP contribution < -0.4 is 5.32 Å². The van der Waals surface area contributed by atoms with E-state index >= 15 is 0 Å². The highest BCUT2D eigenvalue weighted by Gasteiger charge is 2.30. The summed E-state index contributed by atoms with van der Waals surface area (Å²) in [6.07, 6.45) is 8.88. The fourth-order valence-electron chi connectivity index (χ4n) is 4.66. The highest BCUT2D eigenvalue weighted by molar-refractivity contribution is 5.82. The zero-order valence-electron chi connectivity index (χ0n) is 18.6. The zero-order chi connectivity index (χ0) is 20.5. The first-order valence-corrected chi connectivity index (χ1v) is 11.9. The van der Waals surface area contributed by atoms with Gasteiger partial charge in [-0.2, -0.15) is 0 Å². The van der Waals surface area contributed by atoms with Crippen LogP contribution in [0, 0.1) is 0 Å². The van der Waals surface area contributed by atoms with Crippen molar-refractivity contribution in [3.63, 3.8) is 0 Å². The first kappa shape index (κ1) is 22.3. The lowest BCUT2D eigenvalue weighted by atomic mass is 10.2. The quantitative estimate of drug-likeness (QED) is 0.378. The number of hydrogen-bond acceptors (Lipinski definition) is 4. The first-order chi connectivity index (χ1) is 14.2. The summed E-state index contributed by atoms with van der Waals surface area (Å²) >= 11 is 0. The minimum atomic E-state index is -0.0116. The number of nitrogens with one attached hydrogen (secondary N) is 1. The summed E-state index contributed by atoms with van der Waals surface area (Å²) in [6.45, 7) is 12.2. The van der Waals surface area contributed by atoms with E-state index in [0.717, 1.165) is 84.2 Å². The van der Waals surface area contributed by atoms with Gasteiger partial charge in [-0.25, -0.2) is 0 Å². The Bertz CT molecular complexity index is 521. The van der Waals surface area contributed by atoms with Crippen molar-refractivity contribution in [3.05, 3.63) is 0 Å². The molecule has 2 aliphatic heterocycles. The average Bonchev–Trinajstić information content (AvgIpc) is 3.46. The largest absolute Gasteiger partial charge is 0.378 e. The van der Waals surface area contributed by atoms with Crippen LogP contribution in [0.15, 0.2) is 4.99 Å². The van der Waals surface area contributed by atoms with Crippen LogP contribution in [-0.2, 0) is 9.53 Å². The van der Waals surface area contributed by atoms with Gasteiger partial charge in [-0.05, 0) is 46.0 Å². The molecule has 1 unspecified atom stereocenters. The van der Waals surface area contributed by atoms with Crippen molar-refractivity contribution in [1.29, 1.82) is 0 Å². The topological polar surface area (TPSA) is 60.4 Å². The summed E-state index contributed by atoms with van der Waals surface area (Å²) in [7, 11) is 0. The summed E-state index contributed by atoms with van der Waals surface area (Å²) in [4.78, 5) is 24.2. The lowest BCUT2D eigenvalue weighted by molar-refractivity contribution is -0.135. The standard InChI is InChI=1S/C22H41N5O2/c1-3-23-22(24-11-8-18-29-20-9-4-5-10-20)27-16-14-25(15-17-27)19(2)21(28)26-12-6-7-13-26/h19-20H,3-18H2,1-2H3,(H,23,24). The number of piperazine rings is 1. The Morgan fingerprint density at radius 2 is 1.72 bits per heavy atom. The first-order valence-electron chi connectivity index (χ1n) is 11.9. The number of guanidine groups is 1. The number of carbonyl (C=O) groups excluding carboxylic acids is 1. The van der Waals surface area contributed by atoms with E-state index in [1.807, 2.05) is 4.90 Å². The van der Waals surface area contributed by atoms with Gasteiger partial charge in [0.05, 0.1) is 12.1 Å². The molecule has 2 saturated heterocycles. The van der Waals surface area contributed by atoms with E-state index < -0.39 is 0 Å². The second-order valence-corrected chi connectivity index (χ2v) is 8.60. The second-order valence-electron chi connectivity index (χ2n) is 8.60. The van der Waals surface area contributed by atoms with Gasteiger partial charge in [0.1, 0.15) is 0 Å². The van der Waals surface area contributed by atoms with Gasteiger partial charge in [-0.15, -0.1) is 0 Å². The molecule has 0 bridgehead atoms. The van der Waals surface area contributed by atoms with Gasteiger partial charge in [0.2, 0.25) is 5.91 Å². The van der Waals surface area contributed by atoms with Gasteiger partial charge in [-0.1, -0.05) is 12.8 Å². The molecule has 1 amide bonds. The minimum Gasteiger partial charge on any atom is -0.378 e. The van der Waals surface area contributed by atoms with Crippen molar-refractivity contribution in [3.8, 4) is 0 Å². The molecular weight excluding hydrogens is 366 g/mol. The molecule has 1 atom stereocenters. The lowest BCUT2D eigenvalue weighted by Crippen LogP contribution is -2.57. The van der Waals surface area contributed by atoms with Gasteiger partial charge in [0, 0.05) is 59.0 Å². The molecule has 3 fully saturated rings. The predicted octanol–water partition coefficient (Wildman–Crippen LogP) is 1.93. The van der Waals surface area contributed by atoms with Gasteiger partial charge >= 0.3 is 0 Å². The highest BCUT2D eigenvalue weighted by Crippen LogP contribution is 2.20. The van der Waals surface area contributed by atoms with Crippen LogP contribution in [0.4, 0.5) is 0 Å². The maximum Gasteiger partial charge on any atom is 0.239 e. The van der Waals surface area contributed by atoms with E-state index in [1.54, 1.807) is 0 Å². The molecule has 0 spiro atoms. The minimum absolute atomic E-state index is 0.0116. The number of ether oxygens (including phenoxy) is 1. The maximum atomic E-state index is 12.7. The third-order valence-corrected chi connectivity index (χ3v) is 6.49. The maximum absolute atomic E-state index is 12.7. The van der Waals surface area contributed by atoms with Crippen LogP contribution in [0.25, 0.3) is 0 Å². The van der Waals surface area contributed by atoms with Crippen molar-refractivity contribution in [1.82, 2.24) is 20.0 Å².